The van der Waals surface area contributed by atoms with Crippen molar-refractivity contribution in [3.8, 4) is 0 Å². The number of carbonyl (C=O) groups is 3. The van der Waals surface area contributed by atoms with E-state index in [1.807, 2.05) is 0 Å². The van der Waals surface area contributed by atoms with E-state index in [4.69, 9.17) is 5.11 Å². The maximum Gasteiger partial charge on any atom is 0.305 e. The van der Waals surface area contributed by atoms with E-state index in [-0.39, 0.29) is 30.0 Å². The van der Waals surface area contributed by atoms with Crippen LogP contribution >= 0.6 is 23.5 Å². The lowest BCUT2D eigenvalue weighted by atomic mass is 10.1. The average molecular weight is 318 g/mol. The molecule has 20 heavy (non-hydrogen) atoms. The molecular formula is C12H18N2O4S2. The second-order valence-corrected chi connectivity index (χ2v) is 6.96. The van der Waals surface area contributed by atoms with Crippen LogP contribution in [-0.2, 0) is 9.59 Å². The highest BCUT2D eigenvalue weighted by molar-refractivity contribution is 8.13. The Kier molecular flexibility index (Phi) is 5.59. The van der Waals surface area contributed by atoms with E-state index >= 15 is 0 Å². The van der Waals surface area contributed by atoms with Crippen molar-refractivity contribution in [2.75, 3.05) is 36.9 Å². The van der Waals surface area contributed by atoms with E-state index in [9.17, 15) is 14.4 Å². The number of aliphatic carboxylic acids is 1. The zero-order chi connectivity index (χ0) is 14.5. The molecule has 1 N–H and O–H groups in total. The molecule has 0 spiro atoms. The first-order chi connectivity index (χ1) is 9.58. The van der Waals surface area contributed by atoms with Crippen molar-refractivity contribution in [3.05, 3.63) is 0 Å². The lowest BCUT2D eigenvalue weighted by Gasteiger charge is -2.35. The second-order valence-electron chi connectivity index (χ2n) is 4.77. The summed E-state index contributed by atoms with van der Waals surface area (Å²) in [5.41, 5.74) is 0. The zero-order valence-corrected chi connectivity index (χ0v) is 12.8. The fraction of sp³-hybridized carbons (Fsp3) is 0.750. The number of carbonyl (C=O) groups excluding carboxylic acids is 2. The average Bonchev–Trinajstić information content (AvgIpc) is 2.81. The highest BCUT2D eigenvalue weighted by Gasteiger charge is 2.29. The normalized spacial score (nSPS) is 23.2. The maximum absolute atomic E-state index is 12.2. The molecule has 2 amide bonds. The van der Waals surface area contributed by atoms with E-state index < -0.39 is 5.97 Å². The summed E-state index contributed by atoms with van der Waals surface area (Å²) < 4.78 is 0. The molecule has 0 aromatic carbocycles. The summed E-state index contributed by atoms with van der Waals surface area (Å²) in [5, 5.41) is 8.94. The second kappa shape index (κ2) is 7.21. The molecule has 8 heteroatoms. The predicted molar refractivity (Wildman–Crippen MR) is 79.1 cm³/mol. The molecule has 2 rings (SSSR count). The van der Waals surface area contributed by atoms with Gasteiger partial charge in [-0.05, 0) is 0 Å². The lowest BCUT2D eigenvalue weighted by molar-refractivity contribution is -0.140. The number of hydrogen-bond acceptors (Lipinski definition) is 5. The molecule has 0 bridgehead atoms. The van der Waals surface area contributed by atoms with E-state index in [2.05, 4.69) is 0 Å². The minimum absolute atomic E-state index is 0.00274. The number of carboxylic acid groups (broad SMARTS) is 1. The topological polar surface area (TPSA) is 77.9 Å². The molecule has 0 aromatic heterocycles. The molecule has 0 aliphatic carbocycles. The third-order valence-corrected chi connectivity index (χ3v) is 5.38. The van der Waals surface area contributed by atoms with Crippen molar-refractivity contribution in [3.63, 3.8) is 0 Å². The Morgan fingerprint density at radius 2 is 2.10 bits per heavy atom. The van der Waals surface area contributed by atoms with Crippen LogP contribution in [0.4, 0.5) is 4.79 Å². The van der Waals surface area contributed by atoms with Gasteiger partial charge in [-0.1, -0.05) is 11.8 Å². The molecule has 1 atom stereocenters. The molecule has 2 fully saturated rings. The molecular weight excluding hydrogens is 300 g/mol. The summed E-state index contributed by atoms with van der Waals surface area (Å²) >= 11 is 2.97. The lowest BCUT2D eigenvalue weighted by Crippen LogP contribution is -2.47. The fourth-order valence-electron chi connectivity index (χ4n) is 2.36. The zero-order valence-electron chi connectivity index (χ0n) is 11.1. The molecule has 2 aliphatic rings. The van der Waals surface area contributed by atoms with Gasteiger partial charge in [-0.15, -0.1) is 0 Å². The maximum atomic E-state index is 12.2. The Balaban J connectivity index is 1.85. The van der Waals surface area contributed by atoms with Crippen molar-refractivity contribution in [2.45, 2.75) is 18.9 Å². The van der Waals surface area contributed by atoms with Crippen LogP contribution in [-0.4, -0.2) is 75.0 Å². The van der Waals surface area contributed by atoms with Gasteiger partial charge >= 0.3 is 5.97 Å². The fourth-order valence-corrected chi connectivity index (χ4v) is 4.27. The summed E-state index contributed by atoms with van der Waals surface area (Å²) in [5.74, 6) is 1.40. The van der Waals surface area contributed by atoms with Crippen LogP contribution in [0.25, 0.3) is 0 Å². The predicted octanol–water partition coefficient (Wildman–Crippen LogP) is 0.964. The van der Waals surface area contributed by atoms with Crippen LogP contribution in [0.2, 0.25) is 0 Å². The summed E-state index contributed by atoms with van der Waals surface area (Å²) in [7, 11) is 0. The number of hydrogen-bond donors (Lipinski definition) is 1. The Bertz CT molecular complexity index is 405. The molecule has 2 heterocycles. The molecule has 0 aromatic rings. The van der Waals surface area contributed by atoms with E-state index in [0.717, 1.165) is 11.5 Å². The molecule has 1 unspecified atom stereocenters. The van der Waals surface area contributed by atoms with Crippen molar-refractivity contribution in [1.82, 2.24) is 9.80 Å². The number of nitrogens with zero attached hydrogens (tertiary/aromatic N) is 2. The van der Waals surface area contributed by atoms with Gasteiger partial charge in [0.1, 0.15) is 0 Å². The third kappa shape index (κ3) is 4.05. The SMILES string of the molecule is O=C(O)CC1CSCCN1C(=O)CCN1CCSC1=O. The standard InChI is InChI=1S/C12H18N2O4S2/c15-10(1-2-13-3-6-20-12(13)18)14-4-5-19-8-9(14)7-11(16)17/h9H,1-8H2,(H,16,17). The van der Waals surface area contributed by atoms with Crippen LogP contribution in [0.3, 0.4) is 0 Å². The molecule has 2 aliphatic heterocycles. The number of carboxylic acids is 1. The van der Waals surface area contributed by atoms with Gasteiger partial charge < -0.3 is 14.9 Å². The minimum atomic E-state index is -0.874. The first kappa shape index (κ1) is 15.5. The van der Waals surface area contributed by atoms with Gasteiger partial charge in [0.15, 0.2) is 0 Å². The number of amides is 2. The molecule has 2 saturated heterocycles. The molecule has 6 nitrogen and oxygen atoms in total. The Labute approximate surface area is 126 Å². The highest BCUT2D eigenvalue weighted by atomic mass is 32.2. The largest absolute Gasteiger partial charge is 0.481 e. The van der Waals surface area contributed by atoms with Crippen molar-refractivity contribution >= 4 is 40.6 Å². The van der Waals surface area contributed by atoms with Gasteiger partial charge in [0, 0.05) is 43.3 Å². The third-order valence-electron chi connectivity index (χ3n) is 3.40. The van der Waals surface area contributed by atoms with Gasteiger partial charge in [0.25, 0.3) is 5.24 Å². The van der Waals surface area contributed by atoms with Crippen LogP contribution < -0.4 is 0 Å². The van der Waals surface area contributed by atoms with Crippen LogP contribution in [0.15, 0.2) is 0 Å². The summed E-state index contributed by atoms with van der Waals surface area (Å²) in [6, 6.07) is -0.220. The number of rotatable bonds is 5. The molecule has 0 saturated carbocycles. The van der Waals surface area contributed by atoms with E-state index in [1.54, 1.807) is 21.6 Å². The molecule has 0 radical (unpaired) electrons. The minimum Gasteiger partial charge on any atom is -0.481 e. The van der Waals surface area contributed by atoms with E-state index in [0.29, 0.717) is 25.4 Å². The summed E-state index contributed by atoms with van der Waals surface area (Å²) in [4.78, 5) is 37.9. The Hall–Kier alpha value is -0.890. The summed E-state index contributed by atoms with van der Waals surface area (Å²) in [6.45, 7) is 1.74. The first-order valence-corrected chi connectivity index (χ1v) is 8.72. The van der Waals surface area contributed by atoms with E-state index in [1.165, 1.54) is 11.8 Å². The van der Waals surface area contributed by atoms with Crippen LogP contribution in [0.1, 0.15) is 12.8 Å². The Morgan fingerprint density at radius 1 is 1.30 bits per heavy atom. The van der Waals surface area contributed by atoms with Crippen molar-refractivity contribution in [1.29, 1.82) is 0 Å². The van der Waals surface area contributed by atoms with Gasteiger partial charge in [-0.3, -0.25) is 14.4 Å². The monoisotopic (exact) mass is 318 g/mol. The van der Waals surface area contributed by atoms with Crippen LogP contribution in [0.5, 0.6) is 0 Å². The smallest absolute Gasteiger partial charge is 0.305 e. The van der Waals surface area contributed by atoms with Gasteiger partial charge in [-0.25, -0.2) is 0 Å². The molecule has 112 valence electrons. The van der Waals surface area contributed by atoms with Crippen molar-refractivity contribution in [2.24, 2.45) is 0 Å². The highest BCUT2D eigenvalue weighted by Crippen LogP contribution is 2.21. The van der Waals surface area contributed by atoms with Crippen molar-refractivity contribution < 1.29 is 19.5 Å². The van der Waals surface area contributed by atoms with Gasteiger partial charge in [0.05, 0.1) is 12.5 Å². The van der Waals surface area contributed by atoms with Gasteiger partial charge in [-0.2, -0.15) is 11.8 Å². The Morgan fingerprint density at radius 3 is 2.75 bits per heavy atom. The first-order valence-electron chi connectivity index (χ1n) is 6.58. The summed E-state index contributed by atoms with van der Waals surface area (Å²) in [6.07, 6.45) is 0.282. The number of thioether (sulfide) groups is 2. The van der Waals surface area contributed by atoms with Gasteiger partial charge in [0.2, 0.25) is 5.91 Å². The quantitative estimate of drug-likeness (QED) is 0.814. The van der Waals surface area contributed by atoms with Crippen LogP contribution in [0, 0.1) is 0 Å².